The van der Waals surface area contributed by atoms with Crippen molar-refractivity contribution in [1.82, 2.24) is 9.88 Å². The number of hydrogen-bond acceptors (Lipinski definition) is 2. The van der Waals surface area contributed by atoms with Crippen molar-refractivity contribution in [2.24, 2.45) is 0 Å². The number of amides is 1. The van der Waals surface area contributed by atoms with Crippen molar-refractivity contribution in [3.05, 3.63) is 69.6 Å². The zero-order valence-corrected chi connectivity index (χ0v) is 13.9. The Labute approximate surface area is 143 Å². The molecule has 1 aromatic heterocycles. The van der Waals surface area contributed by atoms with Gasteiger partial charge in [-0.05, 0) is 30.5 Å². The van der Waals surface area contributed by atoms with Gasteiger partial charge < -0.3 is 9.88 Å². The molecule has 1 atom stereocenters. The molecule has 0 aliphatic rings. The number of rotatable bonds is 5. The fraction of sp³-hybridized carbons (Fsp3) is 0.333. The molecule has 0 spiro atoms. The number of nitrogens with one attached hydrogen (secondary N) is 1. The van der Waals surface area contributed by atoms with Crippen molar-refractivity contribution in [1.29, 1.82) is 0 Å². The third kappa shape index (κ3) is 4.95. The zero-order valence-electron chi connectivity index (χ0n) is 13.9. The molecule has 134 valence electrons. The summed E-state index contributed by atoms with van der Waals surface area (Å²) >= 11 is 0. The van der Waals surface area contributed by atoms with E-state index in [-0.39, 0.29) is 6.04 Å². The van der Waals surface area contributed by atoms with E-state index in [2.05, 4.69) is 5.32 Å². The molecule has 0 fully saturated rings. The van der Waals surface area contributed by atoms with E-state index in [1.165, 1.54) is 0 Å². The molecule has 4 nitrogen and oxygen atoms in total. The summed E-state index contributed by atoms with van der Waals surface area (Å²) in [6, 6.07) is 8.88. The van der Waals surface area contributed by atoms with E-state index in [4.69, 9.17) is 0 Å². The Bertz CT molecular complexity index is 795. The predicted octanol–water partition coefficient (Wildman–Crippen LogP) is 3.31. The number of aromatic nitrogens is 1. The van der Waals surface area contributed by atoms with Crippen LogP contribution in [-0.2, 0) is 23.9 Å². The molecular weight excluding hydrogens is 333 g/mol. The van der Waals surface area contributed by atoms with Crippen molar-refractivity contribution in [3.8, 4) is 0 Å². The van der Waals surface area contributed by atoms with Crippen LogP contribution in [0.2, 0.25) is 0 Å². The number of aryl methyl sites for hydroxylation is 1. The van der Waals surface area contributed by atoms with Gasteiger partial charge in [0.25, 0.3) is 5.56 Å². The van der Waals surface area contributed by atoms with Crippen LogP contribution < -0.4 is 10.9 Å². The SMILES string of the molecule is CCc1ccc([C@H](C)NC(=O)Cn2cc(C(F)(F)F)ccc2=O)cc1. The number of hydrogen-bond donors (Lipinski definition) is 1. The van der Waals surface area contributed by atoms with Gasteiger partial charge in [-0.3, -0.25) is 9.59 Å². The second-order valence-electron chi connectivity index (χ2n) is 5.77. The Kier molecular flexibility index (Phi) is 5.66. The molecule has 25 heavy (non-hydrogen) atoms. The fourth-order valence-corrected chi connectivity index (χ4v) is 2.39. The summed E-state index contributed by atoms with van der Waals surface area (Å²) in [5, 5.41) is 2.69. The molecule has 2 aromatic rings. The molecule has 1 N–H and O–H groups in total. The maximum Gasteiger partial charge on any atom is 0.417 e. The van der Waals surface area contributed by atoms with Crippen molar-refractivity contribution < 1.29 is 18.0 Å². The molecule has 1 aromatic carbocycles. The minimum atomic E-state index is -4.57. The van der Waals surface area contributed by atoms with E-state index in [1.54, 1.807) is 6.92 Å². The lowest BCUT2D eigenvalue weighted by molar-refractivity contribution is -0.138. The number of alkyl halides is 3. The molecular formula is C18H19F3N2O2. The van der Waals surface area contributed by atoms with E-state index < -0.39 is 29.8 Å². The van der Waals surface area contributed by atoms with E-state index in [9.17, 15) is 22.8 Å². The highest BCUT2D eigenvalue weighted by Gasteiger charge is 2.31. The highest BCUT2D eigenvalue weighted by atomic mass is 19.4. The minimum Gasteiger partial charge on any atom is -0.348 e. The first-order valence-electron chi connectivity index (χ1n) is 7.86. The average Bonchev–Trinajstić information content (AvgIpc) is 2.55. The van der Waals surface area contributed by atoms with Gasteiger partial charge in [0.05, 0.1) is 11.6 Å². The molecule has 0 radical (unpaired) electrons. The van der Waals surface area contributed by atoms with Gasteiger partial charge in [0.1, 0.15) is 6.54 Å². The number of pyridine rings is 1. The lowest BCUT2D eigenvalue weighted by Gasteiger charge is -2.16. The normalized spacial score (nSPS) is 12.7. The second kappa shape index (κ2) is 7.55. The van der Waals surface area contributed by atoms with Crippen LogP contribution in [-0.4, -0.2) is 10.5 Å². The number of nitrogens with zero attached hydrogens (tertiary/aromatic N) is 1. The topological polar surface area (TPSA) is 51.1 Å². The second-order valence-corrected chi connectivity index (χ2v) is 5.77. The lowest BCUT2D eigenvalue weighted by Crippen LogP contribution is -2.34. The molecule has 1 heterocycles. The summed E-state index contributed by atoms with van der Waals surface area (Å²) in [5.74, 6) is -0.534. The molecule has 0 saturated heterocycles. The van der Waals surface area contributed by atoms with Crippen LogP contribution >= 0.6 is 0 Å². The molecule has 0 aliphatic heterocycles. The number of carbonyl (C=O) groups is 1. The van der Waals surface area contributed by atoms with Gasteiger partial charge in [-0.15, -0.1) is 0 Å². The van der Waals surface area contributed by atoms with Crippen molar-refractivity contribution >= 4 is 5.91 Å². The van der Waals surface area contributed by atoms with Gasteiger partial charge in [0.15, 0.2) is 0 Å². The summed E-state index contributed by atoms with van der Waals surface area (Å²) in [5.41, 5.74) is 0.408. The van der Waals surface area contributed by atoms with E-state index in [0.29, 0.717) is 12.3 Å². The predicted molar refractivity (Wildman–Crippen MR) is 88.1 cm³/mol. The molecule has 7 heteroatoms. The van der Waals surface area contributed by atoms with Crippen LogP contribution in [0.25, 0.3) is 0 Å². The van der Waals surface area contributed by atoms with Crippen molar-refractivity contribution in [3.63, 3.8) is 0 Å². The number of carbonyl (C=O) groups excluding carboxylic acids is 1. The Morgan fingerprint density at radius 1 is 1.16 bits per heavy atom. The van der Waals surface area contributed by atoms with Gasteiger partial charge in [0, 0.05) is 12.3 Å². The zero-order chi connectivity index (χ0) is 18.6. The Morgan fingerprint density at radius 2 is 1.80 bits per heavy atom. The third-order valence-corrected chi connectivity index (χ3v) is 3.89. The van der Waals surface area contributed by atoms with Crippen LogP contribution in [0.5, 0.6) is 0 Å². The lowest BCUT2D eigenvalue weighted by atomic mass is 10.1. The first-order valence-corrected chi connectivity index (χ1v) is 7.86. The van der Waals surface area contributed by atoms with Gasteiger partial charge in [-0.1, -0.05) is 31.2 Å². The van der Waals surface area contributed by atoms with Gasteiger partial charge in [0.2, 0.25) is 5.91 Å². The molecule has 0 aliphatic carbocycles. The quantitative estimate of drug-likeness (QED) is 0.898. The smallest absolute Gasteiger partial charge is 0.348 e. The van der Waals surface area contributed by atoms with Gasteiger partial charge in [-0.25, -0.2) is 0 Å². The Morgan fingerprint density at radius 3 is 2.36 bits per heavy atom. The summed E-state index contributed by atoms with van der Waals surface area (Å²) < 4.78 is 38.9. The molecule has 0 bridgehead atoms. The average molecular weight is 352 g/mol. The van der Waals surface area contributed by atoms with Crippen molar-refractivity contribution in [2.45, 2.75) is 39.0 Å². The van der Waals surface area contributed by atoms with E-state index in [0.717, 1.165) is 28.2 Å². The highest BCUT2D eigenvalue weighted by Crippen LogP contribution is 2.28. The maximum atomic E-state index is 12.7. The standard InChI is InChI=1S/C18H19F3N2O2/c1-3-13-4-6-14(7-5-13)12(2)22-16(24)11-23-10-15(18(19,20)21)8-9-17(23)25/h4-10,12H,3,11H2,1-2H3,(H,22,24)/t12-/m0/s1. The summed E-state index contributed by atoms with van der Waals surface area (Å²) in [6.07, 6.45) is -3.01. The Balaban J connectivity index is 2.08. The van der Waals surface area contributed by atoms with Crippen LogP contribution in [0.4, 0.5) is 13.2 Å². The molecule has 2 rings (SSSR count). The van der Waals surface area contributed by atoms with Crippen LogP contribution in [0, 0.1) is 0 Å². The van der Waals surface area contributed by atoms with Crippen molar-refractivity contribution in [2.75, 3.05) is 0 Å². The molecule has 0 unspecified atom stereocenters. The van der Waals surface area contributed by atoms with Gasteiger partial charge in [-0.2, -0.15) is 13.2 Å². The first kappa shape index (κ1) is 18.8. The summed E-state index contributed by atoms with van der Waals surface area (Å²) in [7, 11) is 0. The molecule has 1 amide bonds. The van der Waals surface area contributed by atoms with Crippen LogP contribution in [0.15, 0.2) is 47.4 Å². The highest BCUT2D eigenvalue weighted by molar-refractivity contribution is 5.76. The minimum absolute atomic E-state index is 0.320. The fourth-order valence-electron chi connectivity index (χ4n) is 2.39. The first-order chi connectivity index (χ1) is 11.7. The van der Waals surface area contributed by atoms with Crippen LogP contribution in [0.3, 0.4) is 0 Å². The largest absolute Gasteiger partial charge is 0.417 e. The van der Waals surface area contributed by atoms with Crippen LogP contribution in [0.1, 0.15) is 36.6 Å². The monoisotopic (exact) mass is 352 g/mol. The number of halogens is 3. The molecule has 0 saturated carbocycles. The Hall–Kier alpha value is -2.57. The van der Waals surface area contributed by atoms with E-state index >= 15 is 0 Å². The van der Waals surface area contributed by atoms with E-state index in [1.807, 2.05) is 31.2 Å². The summed E-state index contributed by atoms with van der Waals surface area (Å²) in [4.78, 5) is 23.8. The third-order valence-electron chi connectivity index (χ3n) is 3.89. The maximum absolute atomic E-state index is 12.7. The number of benzene rings is 1. The summed E-state index contributed by atoms with van der Waals surface area (Å²) in [6.45, 7) is 3.33. The van der Waals surface area contributed by atoms with Gasteiger partial charge >= 0.3 is 6.18 Å².